The van der Waals surface area contributed by atoms with Crippen molar-refractivity contribution in [3.05, 3.63) is 155 Å². The third-order valence-electron chi connectivity index (χ3n) is 6.47. The van der Waals surface area contributed by atoms with Crippen molar-refractivity contribution < 1.29 is 4.92 Å². The number of aromatic nitrogens is 3. The van der Waals surface area contributed by atoms with Crippen LogP contribution in [0.3, 0.4) is 0 Å². The molecule has 0 unspecified atom stereocenters. The van der Waals surface area contributed by atoms with Crippen molar-refractivity contribution in [1.82, 2.24) is 14.8 Å². The summed E-state index contributed by atoms with van der Waals surface area (Å²) in [5.74, 6) is 0.600. The van der Waals surface area contributed by atoms with Crippen molar-refractivity contribution in [3.63, 3.8) is 0 Å². The Morgan fingerprint density at radius 3 is 2.35 bits per heavy atom. The molecule has 0 saturated carbocycles. The van der Waals surface area contributed by atoms with Gasteiger partial charge in [-0.2, -0.15) is 5.10 Å². The highest BCUT2D eigenvalue weighted by Crippen LogP contribution is 2.29. The summed E-state index contributed by atoms with van der Waals surface area (Å²) in [5, 5.41) is 18.3. The molecular weight excluding hydrogens is 498 g/mol. The van der Waals surface area contributed by atoms with Crippen molar-refractivity contribution in [3.8, 4) is 16.9 Å². The standard InChI is InChI=1S/C33H23N5O2/c39-38(40)28-19-16-26(17-20-28)32-23-33(37(36-32)27-12-2-1-3-13-27)35-31(30-15-6-7-22-34-30)21-18-25-11-8-10-24-9-4-5-14-29(24)25/h1-23H. The Morgan fingerprint density at radius 2 is 1.57 bits per heavy atom. The number of aliphatic imine (C=N–C) groups is 1. The molecule has 0 aliphatic rings. The Labute approximate surface area is 230 Å². The van der Waals surface area contributed by atoms with E-state index in [4.69, 9.17) is 10.1 Å². The average molecular weight is 522 g/mol. The van der Waals surface area contributed by atoms with Crippen LogP contribution in [0.1, 0.15) is 11.3 Å². The molecule has 6 rings (SSSR count). The third-order valence-corrected chi connectivity index (χ3v) is 6.47. The maximum atomic E-state index is 11.1. The van der Waals surface area contributed by atoms with Crippen LogP contribution in [-0.4, -0.2) is 25.4 Å². The molecule has 0 aliphatic heterocycles. The Hall–Kier alpha value is -5.69. The van der Waals surface area contributed by atoms with Crippen LogP contribution in [0.5, 0.6) is 0 Å². The molecule has 2 aromatic heterocycles. The molecule has 0 radical (unpaired) electrons. The minimum Gasteiger partial charge on any atom is -0.258 e. The fourth-order valence-electron chi connectivity index (χ4n) is 4.49. The van der Waals surface area contributed by atoms with E-state index < -0.39 is 4.92 Å². The summed E-state index contributed by atoms with van der Waals surface area (Å²) < 4.78 is 1.77. The molecule has 0 bridgehead atoms. The number of benzene rings is 4. The van der Waals surface area contributed by atoms with E-state index in [1.165, 1.54) is 12.1 Å². The van der Waals surface area contributed by atoms with Gasteiger partial charge < -0.3 is 0 Å². The lowest BCUT2D eigenvalue weighted by molar-refractivity contribution is -0.384. The van der Waals surface area contributed by atoms with Gasteiger partial charge in [0.05, 0.1) is 27.7 Å². The van der Waals surface area contributed by atoms with E-state index >= 15 is 0 Å². The number of pyridine rings is 1. The van der Waals surface area contributed by atoms with Crippen molar-refractivity contribution in [2.45, 2.75) is 0 Å². The van der Waals surface area contributed by atoms with E-state index in [0.29, 0.717) is 17.2 Å². The van der Waals surface area contributed by atoms with E-state index in [9.17, 15) is 10.1 Å². The zero-order chi connectivity index (χ0) is 27.3. The second kappa shape index (κ2) is 11.0. The lowest BCUT2D eigenvalue weighted by Crippen LogP contribution is -2.02. The van der Waals surface area contributed by atoms with Crippen LogP contribution in [0.25, 0.3) is 33.8 Å². The van der Waals surface area contributed by atoms with Gasteiger partial charge in [0.25, 0.3) is 5.69 Å². The zero-order valence-electron chi connectivity index (χ0n) is 21.3. The Morgan fingerprint density at radius 1 is 0.825 bits per heavy atom. The van der Waals surface area contributed by atoms with Crippen molar-refractivity contribution in [2.75, 3.05) is 0 Å². The SMILES string of the molecule is O=[N+]([O-])c1ccc(-c2cc(N=C(C=Cc3cccc4ccccc34)c3ccccn3)n(-c3ccccc3)n2)cc1. The maximum Gasteiger partial charge on any atom is 0.269 e. The van der Waals surface area contributed by atoms with Crippen LogP contribution >= 0.6 is 0 Å². The summed E-state index contributed by atoms with van der Waals surface area (Å²) >= 11 is 0. The molecule has 7 heteroatoms. The van der Waals surface area contributed by atoms with Gasteiger partial charge in [-0.15, -0.1) is 0 Å². The first-order chi connectivity index (χ1) is 19.7. The second-order valence-electron chi connectivity index (χ2n) is 9.05. The molecule has 192 valence electrons. The molecule has 7 nitrogen and oxygen atoms in total. The molecule has 0 aliphatic carbocycles. The minimum atomic E-state index is -0.413. The largest absolute Gasteiger partial charge is 0.269 e. The fourth-order valence-corrected chi connectivity index (χ4v) is 4.49. The number of hydrogen-bond acceptors (Lipinski definition) is 5. The van der Waals surface area contributed by atoms with Gasteiger partial charge in [0.1, 0.15) is 0 Å². The molecule has 2 heterocycles. The topological polar surface area (TPSA) is 86.2 Å². The Balaban J connectivity index is 1.49. The Bertz CT molecular complexity index is 1850. The molecule has 0 N–H and O–H groups in total. The molecular formula is C33H23N5O2. The predicted octanol–water partition coefficient (Wildman–Crippen LogP) is 7.83. The molecule has 0 saturated heterocycles. The van der Waals surface area contributed by atoms with Crippen molar-refractivity contribution in [1.29, 1.82) is 0 Å². The quantitative estimate of drug-likeness (QED) is 0.122. The van der Waals surface area contributed by atoms with Crippen LogP contribution in [0.2, 0.25) is 0 Å². The van der Waals surface area contributed by atoms with Gasteiger partial charge in [-0.1, -0.05) is 72.8 Å². The lowest BCUT2D eigenvalue weighted by Gasteiger charge is -2.06. The number of non-ortho nitro benzene ring substituents is 1. The highest BCUT2D eigenvalue weighted by Gasteiger charge is 2.14. The third kappa shape index (κ3) is 5.16. The normalized spacial score (nSPS) is 11.8. The lowest BCUT2D eigenvalue weighted by atomic mass is 10.0. The van der Waals surface area contributed by atoms with Gasteiger partial charge in [-0.3, -0.25) is 15.1 Å². The first kappa shape index (κ1) is 24.6. The molecule has 40 heavy (non-hydrogen) atoms. The van der Waals surface area contributed by atoms with Gasteiger partial charge in [0.2, 0.25) is 0 Å². The van der Waals surface area contributed by atoms with E-state index in [0.717, 1.165) is 33.3 Å². The van der Waals surface area contributed by atoms with Crippen LogP contribution < -0.4 is 0 Å². The number of nitro groups is 1. The summed E-state index contributed by atoms with van der Waals surface area (Å²) in [6, 6.07) is 38.2. The van der Waals surface area contributed by atoms with Crippen molar-refractivity contribution in [2.24, 2.45) is 4.99 Å². The zero-order valence-corrected chi connectivity index (χ0v) is 21.3. The Kier molecular flexibility index (Phi) is 6.75. The van der Waals surface area contributed by atoms with Gasteiger partial charge in [0, 0.05) is 30.0 Å². The highest BCUT2D eigenvalue weighted by molar-refractivity contribution is 6.11. The maximum absolute atomic E-state index is 11.1. The van der Waals surface area contributed by atoms with Crippen molar-refractivity contribution >= 4 is 34.1 Å². The minimum absolute atomic E-state index is 0.0282. The number of rotatable bonds is 7. The smallest absolute Gasteiger partial charge is 0.258 e. The van der Waals surface area contributed by atoms with Crippen LogP contribution in [0.4, 0.5) is 11.5 Å². The molecule has 6 aromatic rings. The number of hydrogen-bond donors (Lipinski definition) is 0. The predicted molar refractivity (Wildman–Crippen MR) is 159 cm³/mol. The van der Waals surface area contributed by atoms with Gasteiger partial charge in [-0.05, 0) is 58.8 Å². The van der Waals surface area contributed by atoms with Crippen LogP contribution in [-0.2, 0) is 0 Å². The molecule has 4 aromatic carbocycles. The molecule has 0 atom stereocenters. The van der Waals surface area contributed by atoms with Crippen LogP contribution in [0, 0.1) is 10.1 Å². The summed E-state index contributed by atoms with van der Waals surface area (Å²) in [6.45, 7) is 0. The van der Waals surface area contributed by atoms with E-state index in [1.807, 2.05) is 78.9 Å². The number of allylic oxidation sites excluding steroid dienone is 1. The first-order valence-corrected chi connectivity index (χ1v) is 12.7. The molecule has 0 fully saturated rings. The fraction of sp³-hybridized carbons (Fsp3) is 0. The number of para-hydroxylation sites is 1. The summed E-state index contributed by atoms with van der Waals surface area (Å²) in [6.07, 6.45) is 5.77. The summed E-state index contributed by atoms with van der Waals surface area (Å²) in [5.41, 5.74) is 4.73. The number of fused-ring (bicyclic) bond motifs is 1. The van der Waals surface area contributed by atoms with Gasteiger partial charge in [-0.25, -0.2) is 9.67 Å². The monoisotopic (exact) mass is 521 g/mol. The summed E-state index contributed by atoms with van der Waals surface area (Å²) in [7, 11) is 0. The second-order valence-corrected chi connectivity index (χ2v) is 9.05. The van der Waals surface area contributed by atoms with E-state index in [-0.39, 0.29) is 5.69 Å². The van der Waals surface area contributed by atoms with Crippen LogP contribution in [0.15, 0.2) is 139 Å². The molecule has 0 amide bonds. The highest BCUT2D eigenvalue weighted by atomic mass is 16.6. The summed E-state index contributed by atoms with van der Waals surface area (Å²) in [4.78, 5) is 20.3. The average Bonchev–Trinajstić information content (AvgIpc) is 3.44. The van der Waals surface area contributed by atoms with E-state index in [1.54, 1.807) is 23.0 Å². The number of nitro benzene ring substituents is 1. The first-order valence-electron chi connectivity index (χ1n) is 12.7. The molecule has 0 spiro atoms. The van der Waals surface area contributed by atoms with Gasteiger partial charge in [0.15, 0.2) is 5.82 Å². The van der Waals surface area contributed by atoms with E-state index in [2.05, 4.69) is 35.3 Å². The van der Waals surface area contributed by atoms with Gasteiger partial charge >= 0.3 is 0 Å². The number of nitrogens with zero attached hydrogens (tertiary/aromatic N) is 5.